The number of halogens is 2. The van der Waals surface area contributed by atoms with E-state index in [4.69, 9.17) is 4.74 Å². The highest BCUT2D eigenvalue weighted by Crippen LogP contribution is 2.37. The maximum atomic E-state index is 13.9. The van der Waals surface area contributed by atoms with Crippen LogP contribution in [-0.4, -0.2) is 66.5 Å². The Hall–Kier alpha value is -1.57. The lowest BCUT2D eigenvalue weighted by Crippen LogP contribution is -2.58. The highest BCUT2D eigenvalue weighted by atomic mass is 79.9. The first-order valence-electron chi connectivity index (χ1n) is 8.86. The van der Waals surface area contributed by atoms with Gasteiger partial charge >= 0.3 is 6.09 Å². The molecular weight excluding hydrogens is 403 g/mol. The molecule has 26 heavy (non-hydrogen) atoms. The van der Waals surface area contributed by atoms with Crippen molar-refractivity contribution in [3.8, 4) is 0 Å². The summed E-state index contributed by atoms with van der Waals surface area (Å²) in [5.74, 6) is 0.840. The molecule has 0 aromatic carbocycles. The SMILES string of the molecule is CC1(F)CN(c2cc(Br)cnc2N2CCN(C(=O)OC(C)(C)C)CC2)C1. The Bertz CT molecular complexity index is 676. The molecular formula is C18H26BrFN4O2. The molecule has 0 saturated carbocycles. The number of anilines is 2. The van der Waals surface area contributed by atoms with Crippen LogP contribution in [-0.2, 0) is 4.74 Å². The molecule has 2 aliphatic rings. The Kier molecular flexibility index (Phi) is 5.07. The van der Waals surface area contributed by atoms with Crippen LogP contribution in [0.15, 0.2) is 16.7 Å². The predicted octanol–water partition coefficient (Wildman–Crippen LogP) is 3.45. The van der Waals surface area contributed by atoms with Crippen LogP contribution in [0.25, 0.3) is 0 Å². The van der Waals surface area contributed by atoms with E-state index in [0.717, 1.165) is 16.0 Å². The molecule has 2 fully saturated rings. The van der Waals surface area contributed by atoms with Crippen molar-refractivity contribution in [2.45, 2.75) is 39.0 Å². The van der Waals surface area contributed by atoms with Crippen molar-refractivity contribution in [3.63, 3.8) is 0 Å². The number of hydrogen-bond acceptors (Lipinski definition) is 5. The maximum absolute atomic E-state index is 13.9. The van der Waals surface area contributed by atoms with Crippen molar-refractivity contribution in [1.82, 2.24) is 9.88 Å². The number of pyridine rings is 1. The number of ether oxygens (including phenoxy) is 1. The van der Waals surface area contributed by atoms with Gasteiger partial charge in [-0.3, -0.25) is 0 Å². The second-order valence-electron chi connectivity index (χ2n) is 8.22. The first-order chi connectivity index (χ1) is 12.0. The Morgan fingerprint density at radius 2 is 1.85 bits per heavy atom. The second kappa shape index (κ2) is 6.87. The maximum Gasteiger partial charge on any atom is 0.410 e. The van der Waals surface area contributed by atoms with Crippen LogP contribution in [0.5, 0.6) is 0 Å². The summed E-state index contributed by atoms with van der Waals surface area (Å²) < 4.78 is 20.3. The van der Waals surface area contributed by atoms with Crippen molar-refractivity contribution in [3.05, 3.63) is 16.7 Å². The average Bonchev–Trinajstić information content (AvgIpc) is 2.51. The van der Waals surface area contributed by atoms with Gasteiger partial charge in [-0.1, -0.05) is 0 Å². The monoisotopic (exact) mass is 428 g/mol. The minimum absolute atomic E-state index is 0.280. The molecule has 0 aliphatic carbocycles. The fraction of sp³-hybridized carbons (Fsp3) is 0.667. The zero-order chi connectivity index (χ0) is 19.1. The van der Waals surface area contributed by atoms with Crippen LogP contribution >= 0.6 is 15.9 Å². The standard InChI is InChI=1S/C18H26BrFN4O2/c1-17(2,3)26-16(25)23-7-5-22(6-8-23)15-14(9-13(19)10-21-15)24-11-18(4,20)12-24/h9-10H,5-8,11-12H2,1-4H3. The molecule has 0 N–H and O–H groups in total. The zero-order valence-electron chi connectivity index (χ0n) is 15.8. The van der Waals surface area contributed by atoms with Gasteiger partial charge in [0.05, 0.1) is 18.8 Å². The quantitative estimate of drug-likeness (QED) is 0.721. The lowest BCUT2D eigenvalue weighted by Gasteiger charge is -2.45. The molecule has 8 heteroatoms. The van der Waals surface area contributed by atoms with Gasteiger partial charge in [0.1, 0.15) is 11.3 Å². The van der Waals surface area contributed by atoms with Crippen LogP contribution in [0.2, 0.25) is 0 Å². The number of carbonyl (C=O) groups is 1. The summed E-state index contributed by atoms with van der Waals surface area (Å²) in [6.07, 6.45) is 1.48. The highest BCUT2D eigenvalue weighted by Gasteiger charge is 2.40. The first-order valence-corrected chi connectivity index (χ1v) is 9.66. The summed E-state index contributed by atoms with van der Waals surface area (Å²) >= 11 is 3.46. The average molecular weight is 429 g/mol. The molecule has 6 nitrogen and oxygen atoms in total. The van der Waals surface area contributed by atoms with E-state index >= 15 is 0 Å². The molecule has 1 aromatic heterocycles. The summed E-state index contributed by atoms with van der Waals surface area (Å²) in [6, 6.07) is 1.98. The van der Waals surface area contributed by atoms with E-state index in [1.165, 1.54) is 0 Å². The van der Waals surface area contributed by atoms with E-state index in [0.29, 0.717) is 39.3 Å². The molecule has 0 unspecified atom stereocenters. The molecule has 0 bridgehead atoms. The Morgan fingerprint density at radius 1 is 1.23 bits per heavy atom. The molecule has 0 radical (unpaired) electrons. The number of nitrogens with zero attached hydrogens (tertiary/aromatic N) is 4. The van der Waals surface area contributed by atoms with Crippen LogP contribution in [0.4, 0.5) is 20.7 Å². The lowest BCUT2D eigenvalue weighted by atomic mass is 9.98. The topological polar surface area (TPSA) is 48.9 Å². The third kappa shape index (κ3) is 4.39. The number of alkyl halides is 1. The predicted molar refractivity (Wildman–Crippen MR) is 104 cm³/mol. The van der Waals surface area contributed by atoms with E-state index in [1.807, 2.05) is 31.7 Å². The van der Waals surface area contributed by atoms with Crippen molar-refractivity contribution in [2.24, 2.45) is 0 Å². The highest BCUT2D eigenvalue weighted by molar-refractivity contribution is 9.10. The number of rotatable bonds is 2. The summed E-state index contributed by atoms with van der Waals surface area (Å²) in [4.78, 5) is 22.7. The molecule has 2 saturated heterocycles. The fourth-order valence-corrected chi connectivity index (χ4v) is 3.56. The molecule has 2 aliphatic heterocycles. The number of carbonyl (C=O) groups excluding carboxylic acids is 1. The van der Waals surface area contributed by atoms with Crippen molar-refractivity contribution >= 4 is 33.5 Å². The third-order valence-electron chi connectivity index (χ3n) is 4.43. The largest absolute Gasteiger partial charge is 0.444 e. The summed E-state index contributed by atoms with van der Waals surface area (Å²) in [7, 11) is 0. The Balaban J connectivity index is 1.67. The van der Waals surface area contributed by atoms with Crippen molar-refractivity contribution in [1.29, 1.82) is 0 Å². The van der Waals surface area contributed by atoms with Crippen molar-refractivity contribution in [2.75, 3.05) is 49.1 Å². The number of amides is 1. The fourth-order valence-electron chi connectivity index (χ4n) is 3.24. The van der Waals surface area contributed by atoms with Crippen LogP contribution in [0.3, 0.4) is 0 Å². The first kappa shape index (κ1) is 19.2. The van der Waals surface area contributed by atoms with Gasteiger partial charge in [-0.15, -0.1) is 0 Å². The van der Waals surface area contributed by atoms with Gasteiger partial charge in [-0.2, -0.15) is 0 Å². The van der Waals surface area contributed by atoms with Gasteiger partial charge in [-0.25, -0.2) is 14.2 Å². The minimum atomic E-state index is -1.14. The molecule has 1 amide bonds. The normalized spacial score (nSPS) is 20.0. The zero-order valence-corrected chi connectivity index (χ0v) is 17.3. The molecule has 3 rings (SSSR count). The third-order valence-corrected chi connectivity index (χ3v) is 4.86. The van der Waals surface area contributed by atoms with E-state index < -0.39 is 11.3 Å². The molecule has 3 heterocycles. The van der Waals surface area contributed by atoms with E-state index in [-0.39, 0.29) is 6.09 Å². The van der Waals surface area contributed by atoms with Gasteiger partial charge in [0, 0.05) is 36.8 Å². The Morgan fingerprint density at radius 3 is 2.38 bits per heavy atom. The summed E-state index contributed by atoms with van der Waals surface area (Å²) in [5.41, 5.74) is -0.708. The molecule has 1 aromatic rings. The molecule has 0 spiro atoms. The molecule has 0 atom stereocenters. The van der Waals surface area contributed by atoms with Gasteiger partial charge in [0.15, 0.2) is 5.82 Å². The smallest absolute Gasteiger partial charge is 0.410 e. The Labute approximate surface area is 162 Å². The van der Waals surface area contributed by atoms with Crippen LogP contribution in [0.1, 0.15) is 27.7 Å². The summed E-state index contributed by atoms with van der Waals surface area (Å²) in [6.45, 7) is 10.4. The second-order valence-corrected chi connectivity index (χ2v) is 9.14. The van der Waals surface area contributed by atoms with Crippen LogP contribution in [0, 0.1) is 0 Å². The van der Waals surface area contributed by atoms with E-state index in [2.05, 4.69) is 25.8 Å². The number of piperazine rings is 1. The van der Waals surface area contributed by atoms with Gasteiger partial charge < -0.3 is 19.4 Å². The minimum Gasteiger partial charge on any atom is -0.444 e. The number of aromatic nitrogens is 1. The van der Waals surface area contributed by atoms with Gasteiger partial charge in [-0.05, 0) is 49.7 Å². The van der Waals surface area contributed by atoms with Gasteiger partial charge in [0.2, 0.25) is 0 Å². The summed E-state index contributed by atoms with van der Waals surface area (Å²) in [5, 5.41) is 0. The molecule has 144 valence electrons. The van der Waals surface area contributed by atoms with Gasteiger partial charge in [0.25, 0.3) is 0 Å². The van der Waals surface area contributed by atoms with E-state index in [9.17, 15) is 9.18 Å². The van der Waals surface area contributed by atoms with Crippen LogP contribution < -0.4 is 9.80 Å². The van der Waals surface area contributed by atoms with E-state index in [1.54, 1.807) is 18.0 Å². The lowest BCUT2D eigenvalue weighted by molar-refractivity contribution is 0.0240. The number of hydrogen-bond donors (Lipinski definition) is 0. The van der Waals surface area contributed by atoms with Crippen molar-refractivity contribution < 1.29 is 13.9 Å².